The molecule has 3 nitrogen and oxygen atoms in total. The largest absolute Gasteiger partial charge is 0.416 e. The molecule has 1 fully saturated rings. The van der Waals surface area contributed by atoms with Gasteiger partial charge in [0.05, 0.1) is 31.0 Å². The zero-order chi connectivity index (χ0) is 25.5. The van der Waals surface area contributed by atoms with E-state index in [4.69, 9.17) is 11.6 Å². The third-order valence-electron chi connectivity index (χ3n) is 6.52. The molecule has 0 bridgehead atoms. The molecule has 11 heteroatoms. The Morgan fingerprint density at radius 1 is 1.06 bits per heavy atom. The van der Waals surface area contributed by atoms with Gasteiger partial charge in [0.2, 0.25) is 0 Å². The number of halogens is 6. The van der Waals surface area contributed by atoms with Crippen molar-refractivity contribution in [1.29, 1.82) is 0 Å². The normalized spacial score (nSPS) is 20.1. The molecule has 1 unspecified atom stereocenters. The van der Waals surface area contributed by atoms with Crippen molar-refractivity contribution in [2.24, 2.45) is 11.8 Å². The lowest BCUT2D eigenvalue weighted by Crippen LogP contribution is -2.46. The molecule has 0 amide bonds. The van der Waals surface area contributed by atoms with Gasteiger partial charge in [-0.05, 0) is 87.8 Å². The van der Waals surface area contributed by atoms with Crippen molar-refractivity contribution in [2.75, 3.05) is 5.75 Å². The van der Waals surface area contributed by atoms with Crippen LogP contribution in [-0.4, -0.2) is 23.1 Å². The highest BCUT2D eigenvalue weighted by Gasteiger charge is 2.48. The molecule has 188 valence electrons. The predicted molar refractivity (Wildman–Crippen MR) is 121 cm³/mol. The van der Waals surface area contributed by atoms with Gasteiger partial charge in [0.15, 0.2) is 9.84 Å². The summed E-state index contributed by atoms with van der Waals surface area (Å²) >= 11 is 5.63. The zero-order valence-corrected chi connectivity index (χ0v) is 20.9. The Labute approximate surface area is 203 Å². The van der Waals surface area contributed by atoms with Gasteiger partial charge in [-0.2, -0.15) is 13.2 Å². The second-order valence-corrected chi connectivity index (χ2v) is 13.6. The molecule has 2 aromatic rings. The van der Waals surface area contributed by atoms with Gasteiger partial charge in [-0.25, -0.2) is 17.2 Å². The molecule has 0 spiro atoms. The summed E-state index contributed by atoms with van der Waals surface area (Å²) in [6.07, 6.45) is -2.52. The average molecular weight is 543 g/mol. The summed E-state index contributed by atoms with van der Waals surface area (Å²) in [5.74, 6) is -1.72. The quantitative estimate of drug-likeness (QED) is 0.345. The Kier molecular flexibility index (Phi) is 7.85. The van der Waals surface area contributed by atoms with Crippen LogP contribution in [0.5, 0.6) is 0 Å². The smallest absolute Gasteiger partial charge is 0.254 e. The molecular weight excluding hydrogens is 519 g/mol. The molecule has 1 atom stereocenters. The summed E-state index contributed by atoms with van der Waals surface area (Å²) in [5, 5.41) is -0.0494. The third kappa shape index (κ3) is 5.65. The van der Waals surface area contributed by atoms with E-state index in [2.05, 4.69) is 0 Å². The number of alkyl halides is 3. The lowest BCUT2D eigenvalue weighted by Gasteiger charge is -2.45. The second kappa shape index (κ2) is 9.85. The first-order chi connectivity index (χ1) is 15.6. The van der Waals surface area contributed by atoms with E-state index in [1.54, 1.807) is 0 Å². The topological polar surface area (TPSA) is 51.2 Å². The van der Waals surface area contributed by atoms with Crippen molar-refractivity contribution >= 4 is 32.2 Å². The minimum absolute atomic E-state index is 0.0494. The van der Waals surface area contributed by atoms with Crippen molar-refractivity contribution in [3.63, 3.8) is 0 Å². The molecular formula is C23H24ClF5O3S2. The zero-order valence-electron chi connectivity index (χ0n) is 18.5. The Morgan fingerprint density at radius 2 is 1.71 bits per heavy atom. The minimum atomic E-state index is -4.87. The molecule has 0 radical (unpaired) electrons. The summed E-state index contributed by atoms with van der Waals surface area (Å²) in [5.41, 5.74) is -1.35. The fourth-order valence-corrected chi connectivity index (χ4v) is 7.21. The molecule has 3 rings (SSSR count). The van der Waals surface area contributed by atoms with E-state index in [1.165, 1.54) is 26.0 Å². The molecule has 0 aromatic heterocycles. The van der Waals surface area contributed by atoms with Crippen LogP contribution in [0.1, 0.15) is 45.1 Å². The molecule has 0 aliphatic heterocycles. The average Bonchev–Trinajstić information content (AvgIpc) is 2.70. The predicted octanol–water partition coefficient (Wildman–Crippen LogP) is 6.80. The lowest BCUT2D eigenvalue weighted by molar-refractivity contribution is -0.137. The maximum Gasteiger partial charge on any atom is 0.416 e. The van der Waals surface area contributed by atoms with Crippen molar-refractivity contribution < 1.29 is 34.6 Å². The van der Waals surface area contributed by atoms with Gasteiger partial charge in [0, 0.05) is 10.6 Å². The fraction of sp³-hybridized carbons (Fsp3) is 0.478. The molecule has 0 N–H and O–H groups in total. The summed E-state index contributed by atoms with van der Waals surface area (Å²) in [6.45, 7) is 2.90. The molecule has 1 aliphatic carbocycles. The Bertz CT molecular complexity index is 1190. The monoisotopic (exact) mass is 542 g/mol. The van der Waals surface area contributed by atoms with Crippen LogP contribution in [-0.2, 0) is 26.8 Å². The van der Waals surface area contributed by atoms with Gasteiger partial charge >= 0.3 is 6.18 Å². The fourth-order valence-electron chi connectivity index (χ4n) is 4.18. The van der Waals surface area contributed by atoms with Gasteiger partial charge in [-0.1, -0.05) is 11.6 Å². The first-order valence-electron chi connectivity index (χ1n) is 10.6. The van der Waals surface area contributed by atoms with Crippen LogP contribution < -0.4 is 0 Å². The van der Waals surface area contributed by atoms with Crippen LogP contribution in [0.2, 0.25) is 5.02 Å². The molecule has 0 saturated heterocycles. The molecule has 34 heavy (non-hydrogen) atoms. The van der Waals surface area contributed by atoms with Crippen LogP contribution in [0.4, 0.5) is 22.0 Å². The highest BCUT2D eigenvalue weighted by atomic mass is 35.5. The summed E-state index contributed by atoms with van der Waals surface area (Å²) in [4.78, 5) is -0.340. The van der Waals surface area contributed by atoms with Crippen LogP contribution in [0.25, 0.3) is 0 Å². The van der Waals surface area contributed by atoms with Crippen molar-refractivity contribution in [3.05, 3.63) is 58.6 Å². The highest BCUT2D eigenvalue weighted by molar-refractivity contribution is 7.92. The molecule has 2 aromatic carbocycles. The number of sulfone groups is 1. The molecule has 1 saturated carbocycles. The summed E-state index contributed by atoms with van der Waals surface area (Å²) in [6, 6.07) is 5.36. The highest BCUT2D eigenvalue weighted by Crippen LogP contribution is 2.48. The van der Waals surface area contributed by atoms with E-state index in [0.717, 1.165) is 6.07 Å². The van der Waals surface area contributed by atoms with Crippen LogP contribution in [0.15, 0.2) is 46.2 Å². The van der Waals surface area contributed by atoms with Crippen LogP contribution >= 0.6 is 11.6 Å². The second-order valence-electron chi connectivity index (χ2n) is 9.08. The summed E-state index contributed by atoms with van der Waals surface area (Å²) < 4.78 is 104. The van der Waals surface area contributed by atoms with E-state index >= 15 is 0 Å². The minimum Gasteiger partial charge on any atom is -0.254 e. The number of hydrogen-bond donors (Lipinski definition) is 0. The molecule has 0 heterocycles. The van der Waals surface area contributed by atoms with Crippen molar-refractivity contribution in [3.8, 4) is 0 Å². The van der Waals surface area contributed by atoms with Gasteiger partial charge in [-0.3, -0.25) is 4.21 Å². The third-order valence-corrected chi connectivity index (χ3v) is 10.8. The van der Waals surface area contributed by atoms with Gasteiger partial charge < -0.3 is 0 Å². The standard InChI is InChI=1S/C23H24ClF5O3S2/c1-22(2,34(31,32)19-11-16(23(27,28)29)10-17(25)12-19)15-8-14(9-15)4-3-7-33(30)18-5-6-20(24)21(26)13-18/h5-6,10-15H,3-4,7-9H2,1-2H3. The number of rotatable bonds is 8. The van der Waals surface area contributed by atoms with E-state index in [0.29, 0.717) is 48.5 Å². The van der Waals surface area contributed by atoms with E-state index < -0.39 is 53.7 Å². The first kappa shape index (κ1) is 27.1. The number of benzene rings is 2. The Morgan fingerprint density at radius 3 is 2.29 bits per heavy atom. The first-order valence-corrected chi connectivity index (χ1v) is 13.8. The maximum atomic E-state index is 13.8. The van der Waals surface area contributed by atoms with Crippen LogP contribution in [0, 0.1) is 23.5 Å². The lowest BCUT2D eigenvalue weighted by atomic mass is 9.67. The Balaban J connectivity index is 1.59. The number of hydrogen-bond acceptors (Lipinski definition) is 3. The summed E-state index contributed by atoms with van der Waals surface area (Å²) in [7, 11) is -5.63. The SMILES string of the molecule is CC(C)(C1CC(CCCS(=O)c2ccc(Cl)c(F)c2)C1)S(=O)(=O)c1cc(F)cc(C(F)(F)F)c1. The van der Waals surface area contributed by atoms with E-state index in [1.807, 2.05) is 0 Å². The van der Waals surface area contributed by atoms with Crippen molar-refractivity contribution in [1.82, 2.24) is 0 Å². The van der Waals surface area contributed by atoms with Crippen LogP contribution in [0.3, 0.4) is 0 Å². The van der Waals surface area contributed by atoms with Crippen molar-refractivity contribution in [2.45, 2.75) is 60.2 Å². The van der Waals surface area contributed by atoms with Gasteiger partial charge in [0.1, 0.15) is 11.6 Å². The maximum absolute atomic E-state index is 13.8. The van der Waals surface area contributed by atoms with E-state index in [9.17, 15) is 34.6 Å². The Hall–Kier alpha value is -1.52. The molecule has 1 aliphatic rings. The van der Waals surface area contributed by atoms with Gasteiger partial charge in [0.25, 0.3) is 0 Å². The van der Waals surface area contributed by atoms with Gasteiger partial charge in [-0.15, -0.1) is 0 Å². The van der Waals surface area contributed by atoms with E-state index in [-0.39, 0.29) is 22.9 Å².